The van der Waals surface area contributed by atoms with E-state index < -0.39 is 0 Å². The maximum atomic E-state index is 3.91. The van der Waals surface area contributed by atoms with Crippen LogP contribution in [0.5, 0.6) is 0 Å². The molecule has 3 heteroatoms. The fraction of sp³-hybridized carbons (Fsp3) is 1.00. The Morgan fingerprint density at radius 3 is 2.68 bits per heavy atom. The molecule has 2 heterocycles. The number of nitrogens with one attached hydrogen (secondary N) is 1. The zero-order valence-corrected chi connectivity index (χ0v) is 13.2. The molecule has 0 aliphatic carbocycles. The van der Waals surface area contributed by atoms with E-state index in [1.807, 2.05) is 0 Å². The van der Waals surface area contributed by atoms with Gasteiger partial charge in [-0.2, -0.15) is 0 Å². The third kappa shape index (κ3) is 4.73. The molecule has 19 heavy (non-hydrogen) atoms. The molecule has 0 amide bonds. The van der Waals surface area contributed by atoms with Crippen LogP contribution in [0.25, 0.3) is 0 Å². The van der Waals surface area contributed by atoms with Crippen molar-refractivity contribution in [2.24, 2.45) is 5.92 Å². The van der Waals surface area contributed by atoms with E-state index in [4.69, 9.17) is 0 Å². The fourth-order valence-corrected chi connectivity index (χ4v) is 3.83. The van der Waals surface area contributed by atoms with Crippen molar-refractivity contribution in [1.29, 1.82) is 0 Å². The third-order valence-corrected chi connectivity index (χ3v) is 4.91. The van der Waals surface area contributed by atoms with Crippen LogP contribution in [0.1, 0.15) is 46.0 Å². The molecule has 3 atom stereocenters. The van der Waals surface area contributed by atoms with Gasteiger partial charge in [0.2, 0.25) is 0 Å². The Hall–Kier alpha value is -0.120. The molecule has 2 fully saturated rings. The van der Waals surface area contributed by atoms with Gasteiger partial charge >= 0.3 is 0 Å². The highest BCUT2D eigenvalue weighted by molar-refractivity contribution is 4.85. The quantitative estimate of drug-likeness (QED) is 0.824. The first-order valence-electron chi connectivity index (χ1n) is 8.36. The van der Waals surface area contributed by atoms with Crippen molar-refractivity contribution >= 4 is 0 Å². The van der Waals surface area contributed by atoms with Crippen LogP contribution in [-0.2, 0) is 0 Å². The van der Waals surface area contributed by atoms with Gasteiger partial charge < -0.3 is 15.1 Å². The molecule has 0 aromatic carbocycles. The van der Waals surface area contributed by atoms with Crippen LogP contribution in [0.2, 0.25) is 0 Å². The standard InChI is InChI=1S/C16H33N3/c1-4-9-19-11-5-7-15(12-19)14(2)17-16-8-6-10-18(3)13-16/h14-17H,4-13H2,1-3H3. The highest BCUT2D eigenvalue weighted by Gasteiger charge is 2.26. The normalized spacial score (nSPS) is 32.4. The molecule has 0 saturated carbocycles. The molecular weight excluding hydrogens is 234 g/mol. The zero-order valence-electron chi connectivity index (χ0n) is 13.2. The summed E-state index contributed by atoms with van der Waals surface area (Å²) in [5, 5.41) is 3.91. The molecular formula is C16H33N3. The van der Waals surface area contributed by atoms with Crippen LogP contribution < -0.4 is 5.32 Å². The van der Waals surface area contributed by atoms with Crippen LogP contribution in [0.4, 0.5) is 0 Å². The molecule has 0 bridgehead atoms. The monoisotopic (exact) mass is 267 g/mol. The molecule has 0 spiro atoms. The van der Waals surface area contributed by atoms with Crippen LogP contribution in [0, 0.1) is 5.92 Å². The summed E-state index contributed by atoms with van der Waals surface area (Å²) in [5.74, 6) is 0.854. The SMILES string of the molecule is CCCN1CCCC(C(C)NC2CCCN(C)C2)C1. The van der Waals surface area contributed by atoms with Crippen molar-refractivity contribution in [1.82, 2.24) is 15.1 Å². The maximum Gasteiger partial charge on any atom is 0.0197 e. The zero-order chi connectivity index (χ0) is 13.7. The number of hydrogen-bond acceptors (Lipinski definition) is 3. The number of rotatable bonds is 5. The molecule has 112 valence electrons. The lowest BCUT2D eigenvalue weighted by Crippen LogP contribution is -2.51. The predicted molar refractivity (Wildman–Crippen MR) is 82.6 cm³/mol. The van der Waals surface area contributed by atoms with Crippen LogP contribution in [0.15, 0.2) is 0 Å². The summed E-state index contributed by atoms with van der Waals surface area (Å²) in [7, 11) is 2.25. The number of nitrogens with zero attached hydrogens (tertiary/aromatic N) is 2. The molecule has 2 saturated heterocycles. The van der Waals surface area contributed by atoms with E-state index in [9.17, 15) is 0 Å². The van der Waals surface area contributed by atoms with E-state index in [0.717, 1.165) is 12.0 Å². The number of hydrogen-bond donors (Lipinski definition) is 1. The first-order valence-corrected chi connectivity index (χ1v) is 8.36. The Balaban J connectivity index is 1.76. The highest BCUT2D eigenvalue weighted by atomic mass is 15.2. The van der Waals surface area contributed by atoms with Gasteiger partial charge in [-0.15, -0.1) is 0 Å². The van der Waals surface area contributed by atoms with Gasteiger partial charge in [0.15, 0.2) is 0 Å². The first kappa shape index (κ1) is 15.3. The van der Waals surface area contributed by atoms with Crippen molar-refractivity contribution in [3.8, 4) is 0 Å². The van der Waals surface area contributed by atoms with Gasteiger partial charge in [-0.1, -0.05) is 6.92 Å². The minimum absolute atomic E-state index is 0.677. The van der Waals surface area contributed by atoms with Crippen molar-refractivity contribution in [2.45, 2.75) is 58.0 Å². The highest BCUT2D eigenvalue weighted by Crippen LogP contribution is 2.21. The van der Waals surface area contributed by atoms with Crippen molar-refractivity contribution < 1.29 is 0 Å². The van der Waals surface area contributed by atoms with Gasteiger partial charge in [-0.05, 0) is 71.6 Å². The second-order valence-corrected chi connectivity index (χ2v) is 6.76. The Bertz CT molecular complexity index is 254. The number of likely N-dealkylation sites (tertiary alicyclic amines) is 2. The molecule has 2 aliphatic heterocycles. The second kappa shape index (κ2) is 7.61. The summed E-state index contributed by atoms with van der Waals surface area (Å²) in [5.41, 5.74) is 0. The van der Waals surface area contributed by atoms with Gasteiger partial charge in [0.1, 0.15) is 0 Å². The maximum absolute atomic E-state index is 3.91. The van der Waals surface area contributed by atoms with Crippen molar-refractivity contribution in [3.05, 3.63) is 0 Å². The van der Waals surface area contributed by atoms with E-state index in [2.05, 4.69) is 36.0 Å². The summed E-state index contributed by atoms with van der Waals surface area (Å²) in [6, 6.07) is 1.39. The van der Waals surface area contributed by atoms with E-state index in [0.29, 0.717) is 6.04 Å². The molecule has 2 aliphatic rings. The second-order valence-electron chi connectivity index (χ2n) is 6.76. The summed E-state index contributed by atoms with van der Waals surface area (Å²) >= 11 is 0. The molecule has 1 N–H and O–H groups in total. The Morgan fingerprint density at radius 1 is 1.16 bits per heavy atom. The van der Waals surface area contributed by atoms with Gasteiger partial charge in [-0.25, -0.2) is 0 Å². The minimum atomic E-state index is 0.677. The Morgan fingerprint density at radius 2 is 1.95 bits per heavy atom. The largest absolute Gasteiger partial charge is 0.310 e. The van der Waals surface area contributed by atoms with E-state index >= 15 is 0 Å². The molecule has 3 nitrogen and oxygen atoms in total. The summed E-state index contributed by atoms with van der Waals surface area (Å²) in [4.78, 5) is 5.14. The van der Waals surface area contributed by atoms with Gasteiger partial charge in [-0.3, -0.25) is 0 Å². The van der Waals surface area contributed by atoms with Crippen LogP contribution >= 0.6 is 0 Å². The van der Waals surface area contributed by atoms with Crippen molar-refractivity contribution in [2.75, 3.05) is 39.8 Å². The first-order chi connectivity index (χ1) is 9.19. The Kier molecular flexibility index (Phi) is 6.11. The lowest BCUT2D eigenvalue weighted by Gasteiger charge is -2.39. The lowest BCUT2D eigenvalue weighted by molar-refractivity contribution is 0.135. The van der Waals surface area contributed by atoms with Crippen LogP contribution in [0.3, 0.4) is 0 Å². The van der Waals surface area contributed by atoms with E-state index in [1.54, 1.807) is 0 Å². The molecule has 0 aromatic rings. The van der Waals surface area contributed by atoms with Crippen molar-refractivity contribution in [3.63, 3.8) is 0 Å². The average Bonchev–Trinajstić information content (AvgIpc) is 2.39. The number of likely N-dealkylation sites (N-methyl/N-ethyl adjacent to an activating group) is 1. The fourth-order valence-electron chi connectivity index (χ4n) is 3.83. The molecule has 2 rings (SSSR count). The topological polar surface area (TPSA) is 18.5 Å². The number of piperidine rings is 2. The Labute approximate surface area is 119 Å². The predicted octanol–water partition coefficient (Wildman–Crippen LogP) is 2.18. The van der Waals surface area contributed by atoms with E-state index in [1.165, 1.54) is 64.8 Å². The summed E-state index contributed by atoms with van der Waals surface area (Å²) < 4.78 is 0. The van der Waals surface area contributed by atoms with E-state index in [-0.39, 0.29) is 0 Å². The van der Waals surface area contributed by atoms with Crippen LogP contribution in [-0.4, -0.2) is 61.7 Å². The summed E-state index contributed by atoms with van der Waals surface area (Å²) in [6.07, 6.45) is 6.81. The minimum Gasteiger partial charge on any atom is -0.310 e. The van der Waals surface area contributed by atoms with Gasteiger partial charge in [0, 0.05) is 25.2 Å². The molecule has 0 radical (unpaired) electrons. The molecule has 3 unspecified atom stereocenters. The van der Waals surface area contributed by atoms with Gasteiger partial charge in [0.25, 0.3) is 0 Å². The molecule has 0 aromatic heterocycles. The summed E-state index contributed by atoms with van der Waals surface area (Å²) in [6.45, 7) is 11.1. The smallest absolute Gasteiger partial charge is 0.0197 e. The average molecular weight is 267 g/mol. The third-order valence-electron chi connectivity index (χ3n) is 4.91. The van der Waals surface area contributed by atoms with Gasteiger partial charge in [0.05, 0.1) is 0 Å². The lowest BCUT2D eigenvalue weighted by atomic mass is 9.90.